The number of fused-ring (bicyclic) bond motifs is 1. The Balaban J connectivity index is 1.83. The lowest BCUT2D eigenvalue weighted by molar-refractivity contribution is 0.219. The molecule has 1 saturated heterocycles. The molecule has 0 aliphatic carbocycles. The van der Waals surface area contributed by atoms with Crippen molar-refractivity contribution in [3.8, 4) is 11.4 Å². The largest absolute Gasteiger partial charge is 0.338 e. The quantitative estimate of drug-likeness (QED) is 0.774. The average molecular weight is 265 g/mol. The first-order chi connectivity index (χ1) is 9.76. The minimum Gasteiger partial charge on any atom is -0.338 e. The Kier molecular flexibility index (Phi) is 2.41. The van der Waals surface area contributed by atoms with Crippen LogP contribution < -0.4 is 5.32 Å². The van der Waals surface area contributed by atoms with E-state index in [1.54, 1.807) is 0 Å². The Morgan fingerprint density at radius 3 is 2.70 bits per heavy atom. The van der Waals surface area contributed by atoms with Gasteiger partial charge in [0.25, 0.3) is 0 Å². The lowest BCUT2D eigenvalue weighted by atomic mass is 9.84. The number of rotatable bonds is 2. The van der Waals surface area contributed by atoms with E-state index in [2.05, 4.69) is 40.6 Å². The fourth-order valence-electron chi connectivity index (χ4n) is 2.65. The summed E-state index contributed by atoms with van der Waals surface area (Å²) < 4.78 is 5.47. The fourth-order valence-corrected chi connectivity index (χ4v) is 2.65. The molecule has 1 aliphatic rings. The molecule has 0 spiro atoms. The number of nitrogens with zero attached hydrogens (tertiary/aromatic N) is 2. The Morgan fingerprint density at radius 2 is 1.90 bits per heavy atom. The normalized spacial score (nSPS) is 17.1. The molecule has 0 radical (unpaired) electrons. The third kappa shape index (κ3) is 1.65. The molecular weight excluding hydrogens is 250 g/mol. The summed E-state index contributed by atoms with van der Waals surface area (Å²) in [7, 11) is 0. The van der Waals surface area contributed by atoms with Gasteiger partial charge < -0.3 is 9.84 Å². The minimum absolute atomic E-state index is 0.0180. The Bertz CT molecular complexity index is 769. The average Bonchev–Trinajstić information content (AvgIpc) is 2.94. The molecule has 3 aromatic rings. The smallest absolute Gasteiger partial charge is 0.235 e. The van der Waals surface area contributed by atoms with Crippen LogP contribution in [0.4, 0.5) is 0 Å². The predicted octanol–water partition coefficient (Wildman–Crippen LogP) is 2.75. The molecule has 1 N–H and O–H groups in total. The predicted molar refractivity (Wildman–Crippen MR) is 77.5 cm³/mol. The van der Waals surface area contributed by atoms with Crippen molar-refractivity contribution >= 4 is 10.8 Å². The van der Waals surface area contributed by atoms with Crippen LogP contribution in [0.2, 0.25) is 0 Å². The molecule has 0 unspecified atom stereocenters. The standard InChI is InChI=1S/C16H15N3O/c1-16(9-17-10-16)15-18-14(19-20-15)13-8-4-6-11-5-2-3-7-12(11)13/h2-8,17H,9-10H2,1H3. The van der Waals surface area contributed by atoms with Gasteiger partial charge in [-0.05, 0) is 17.7 Å². The lowest BCUT2D eigenvalue weighted by Crippen LogP contribution is -2.54. The van der Waals surface area contributed by atoms with E-state index in [4.69, 9.17) is 4.52 Å². The van der Waals surface area contributed by atoms with Crippen molar-refractivity contribution in [2.24, 2.45) is 0 Å². The summed E-state index contributed by atoms with van der Waals surface area (Å²) in [6, 6.07) is 14.4. The molecule has 4 rings (SSSR count). The number of hydrogen-bond donors (Lipinski definition) is 1. The van der Waals surface area contributed by atoms with Crippen molar-refractivity contribution < 1.29 is 4.52 Å². The molecule has 1 aliphatic heterocycles. The Labute approximate surface area is 116 Å². The van der Waals surface area contributed by atoms with Crippen molar-refractivity contribution in [2.45, 2.75) is 12.3 Å². The molecule has 2 aromatic carbocycles. The Morgan fingerprint density at radius 1 is 1.10 bits per heavy atom. The fraction of sp³-hybridized carbons (Fsp3) is 0.250. The highest BCUT2D eigenvalue weighted by Gasteiger charge is 2.39. The maximum Gasteiger partial charge on any atom is 0.235 e. The van der Waals surface area contributed by atoms with Crippen LogP contribution in [0.5, 0.6) is 0 Å². The van der Waals surface area contributed by atoms with Crippen LogP contribution in [-0.4, -0.2) is 23.2 Å². The number of hydrogen-bond acceptors (Lipinski definition) is 4. The second-order valence-corrected chi connectivity index (χ2v) is 5.61. The third-order valence-corrected chi connectivity index (χ3v) is 4.00. The molecular formula is C16H15N3O. The van der Waals surface area contributed by atoms with Gasteiger partial charge in [-0.25, -0.2) is 0 Å². The van der Waals surface area contributed by atoms with Gasteiger partial charge in [-0.1, -0.05) is 47.6 Å². The van der Waals surface area contributed by atoms with Crippen molar-refractivity contribution in [2.75, 3.05) is 13.1 Å². The summed E-state index contributed by atoms with van der Waals surface area (Å²) in [5, 5.41) is 9.76. The topological polar surface area (TPSA) is 51.0 Å². The van der Waals surface area contributed by atoms with Crippen molar-refractivity contribution in [3.05, 3.63) is 48.4 Å². The summed E-state index contributed by atoms with van der Waals surface area (Å²) in [4.78, 5) is 4.61. The van der Waals surface area contributed by atoms with Gasteiger partial charge in [-0.3, -0.25) is 0 Å². The van der Waals surface area contributed by atoms with Crippen LogP contribution in [0, 0.1) is 0 Å². The lowest BCUT2D eigenvalue weighted by Gasteiger charge is -2.35. The van der Waals surface area contributed by atoms with Crippen molar-refractivity contribution in [3.63, 3.8) is 0 Å². The van der Waals surface area contributed by atoms with Gasteiger partial charge in [0.05, 0.1) is 5.41 Å². The molecule has 0 bridgehead atoms. The first-order valence-corrected chi connectivity index (χ1v) is 6.79. The highest BCUT2D eigenvalue weighted by molar-refractivity contribution is 5.94. The molecule has 2 heterocycles. The van der Waals surface area contributed by atoms with E-state index >= 15 is 0 Å². The third-order valence-electron chi connectivity index (χ3n) is 4.00. The van der Waals surface area contributed by atoms with E-state index in [1.165, 1.54) is 5.39 Å². The highest BCUT2D eigenvalue weighted by Crippen LogP contribution is 2.30. The van der Waals surface area contributed by atoms with Gasteiger partial charge >= 0.3 is 0 Å². The second kappa shape index (κ2) is 4.15. The molecule has 0 saturated carbocycles. The maximum atomic E-state index is 5.47. The summed E-state index contributed by atoms with van der Waals surface area (Å²) in [5.74, 6) is 1.39. The van der Waals surface area contributed by atoms with Gasteiger partial charge in [0.2, 0.25) is 11.7 Å². The van der Waals surface area contributed by atoms with Crippen LogP contribution >= 0.6 is 0 Å². The molecule has 4 nitrogen and oxygen atoms in total. The summed E-state index contributed by atoms with van der Waals surface area (Å²) >= 11 is 0. The molecule has 0 atom stereocenters. The van der Waals surface area contributed by atoms with Gasteiger partial charge in [0.15, 0.2) is 0 Å². The molecule has 0 amide bonds. The van der Waals surface area contributed by atoms with Crippen LogP contribution in [0.1, 0.15) is 12.8 Å². The second-order valence-electron chi connectivity index (χ2n) is 5.61. The van der Waals surface area contributed by atoms with E-state index in [9.17, 15) is 0 Å². The van der Waals surface area contributed by atoms with E-state index < -0.39 is 0 Å². The zero-order valence-electron chi connectivity index (χ0n) is 11.3. The van der Waals surface area contributed by atoms with Gasteiger partial charge in [0, 0.05) is 18.7 Å². The van der Waals surface area contributed by atoms with Crippen molar-refractivity contribution in [1.82, 2.24) is 15.5 Å². The molecule has 1 aromatic heterocycles. The Hall–Kier alpha value is -2.20. The maximum absolute atomic E-state index is 5.47. The zero-order valence-corrected chi connectivity index (χ0v) is 11.3. The summed E-state index contributed by atoms with van der Waals surface area (Å²) in [5.41, 5.74) is 1.00. The number of aromatic nitrogens is 2. The molecule has 4 heteroatoms. The zero-order chi connectivity index (χ0) is 13.6. The molecule has 20 heavy (non-hydrogen) atoms. The van der Waals surface area contributed by atoms with Gasteiger partial charge in [-0.15, -0.1) is 0 Å². The van der Waals surface area contributed by atoms with Crippen LogP contribution in [-0.2, 0) is 5.41 Å². The number of benzene rings is 2. The van der Waals surface area contributed by atoms with Gasteiger partial charge in [-0.2, -0.15) is 4.98 Å². The molecule has 100 valence electrons. The SMILES string of the molecule is CC1(c2nc(-c3cccc4ccccc34)no2)CNC1. The monoisotopic (exact) mass is 265 g/mol. The summed E-state index contributed by atoms with van der Waals surface area (Å²) in [6.45, 7) is 3.93. The van der Waals surface area contributed by atoms with Crippen LogP contribution in [0.25, 0.3) is 22.2 Å². The first kappa shape index (κ1) is 11.6. The minimum atomic E-state index is -0.0180. The highest BCUT2D eigenvalue weighted by atomic mass is 16.5. The van der Waals surface area contributed by atoms with Crippen LogP contribution in [0.15, 0.2) is 47.0 Å². The summed E-state index contributed by atoms with van der Waals surface area (Å²) in [6.07, 6.45) is 0. The first-order valence-electron chi connectivity index (χ1n) is 6.79. The van der Waals surface area contributed by atoms with Crippen LogP contribution in [0.3, 0.4) is 0 Å². The van der Waals surface area contributed by atoms with E-state index in [-0.39, 0.29) is 5.41 Å². The number of nitrogens with one attached hydrogen (secondary N) is 1. The van der Waals surface area contributed by atoms with Gasteiger partial charge in [0.1, 0.15) is 0 Å². The van der Waals surface area contributed by atoms with E-state index in [0.29, 0.717) is 5.82 Å². The van der Waals surface area contributed by atoms with Crippen molar-refractivity contribution in [1.29, 1.82) is 0 Å². The van der Waals surface area contributed by atoms with E-state index in [1.807, 2.05) is 24.3 Å². The molecule has 1 fully saturated rings. The van der Waals surface area contributed by atoms with E-state index in [0.717, 1.165) is 29.9 Å².